The highest BCUT2D eigenvalue weighted by Gasteiger charge is 2.31. The van der Waals surface area contributed by atoms with Crippen molar-refractivity contribution < 1.29 is 9.84 Å². The fourth-order valence-electron chi connectivity index (χ4n) is 5.87. The Labute approximate surface area is 179 Å². The van der Waals surface area contributed by atoms with E-state index in [1.165, 1.54) is 69.8 Å². The van der Waals surface area contributed by atoms with Crippen LogP contribution in [0.25, 0.3) is 0 Å². The van der Waals surface area contributed by atoms with E-state index < -0.39 is 0 Å². The van der Waals surface area contributed by atoms with Crippen molar-refractivity contribution in [1.29, 1.82) is 0 Å². The van der Waals surface area contributed by atoms with Crippen molar-refractivity contribution in [2.75, 3.05) is 13.2 Å². The lowest BCUT2D eigenvalue weighted by Gasteiger charge is -2.38. The van der Waals surface area contributed by atoms with Gasteiger partial charge in [-0.2, -0.15) is 0 Å². The van der Waals surface area contributed by atoms with Gasteiger partial charge in [-0.05, 0) is 99.2 Å². The molecule has 0 saturated heterocycles. The molecule has 1 N–H and O–H groups in total. The molecule has 0 heterocycles. The van der Waals surface area contributed by atoms with E-state index in [9.17, 15) is 0 Å². The summed E-state index contributed by atoms with van der Waals surface area (Å²) in [5.41, 5.74) is 1.52. The van der Waals surface area contributed by atoms with E-state index in [0.717, 1.165) is 61.7 Å². The molecular formula is C27H44O2. The first kappa shape index (κ1) is 22.7. The topological polar surface area (TPSA) is 29.5 Å². The molecule has 2 heteroatoms. The zero-order valence-corrected chi connectivity index (χ0v) is 18.8. The molecule has 0 atom stereocenters. The predicted octanol–water partition coefficient (Wildman–Crippen LogP) is 7.50. The Hall–Kier alpha value is -1.02. The molecule has 0 bridgehead atoms. The van der Waals surface area contributed by atoms with E-state index in [1.54, 1.807) is 0 Å². The fraction of sp³-hybridized carbons (Fsp3) is 0.778. The minimum atomic E-state index is 0.310. The molecule has 0 aliphatic heterocycles. The molecule has 29 heavy (non-hydrogen) atoms. The minimum absolute atomic E-state index is 0.310. The van der Waals surface area contributed by atoms with E-state index in [1.807, 2.05) is 0 Å². The van der Waals surface area contributed by atoms with Crippen LogP contribution in [0.4, 0.5) is 0 Å². The van der Waals surface area contributed by atoms with Crippen LogP contribution in [-0.2, 0) is 0 Å². The van der Waals surface area contributed by atoms with Gasteiger partial charge in [-0.3, -0.25) is 0 Å². The lowest BCUT2D eigenvalue weighted by Crippen LogP contribution is -2.25. The average molecular weight is 401 g/mol. The summed E-state index contributed by atoms with van der Waals surface area (Å²) in [6.07, 6.45) is 18.7. The zero-order chi connectivity index (χ0) is 20.3. The first-order valence-electron chi connectivity index (χ1n) is 12.6. The van der Waals surface area contributed by atoms with Crippen LogP contribution < -0.4 is 4.74 Å². The van der Waals surface area contributed by atoms with Crippen LogP contribution in [0.5, 0.6) is 5.75 Å². The predicted molar refractivity (Wildman–Crippen MR) is 123 cm³/mol. The van der Waals surface area contributed by atoms with Gasteiger partial charge in [0.25, 0.3) is 0 Å². The molecule has 2 aliphatic carbocycles. The normalized spacial score (nSPS) is 27.7. The molecule has 0 amide bonds. The van der Waals surface area contributed by atoms with Gasteiger partial charge >= 0.3 is 0 Å². The summed E-state index contributed by atoms with van der Waals surface area (Å²) in [4.78, 5) is 0. The Morgan fingerprint density at radius 2 is 1.41 bits per heavy atom. The molecule has 3 rings (SSSR count). The second-order valence-electron chi connectivity index (χ2n) is 9.74. The fourth-order valence-corrected chi connectivity index (χ4v) is 5.87. The van der Waals surface area contributed by atoms with E-state index in [2.05, 4.69) is 31.2 Å². The quantitative estimate of drug-likeness (QED) is 0.390. The maximum atomic E-state index is 8.81. The summed E-state index contributed by atoms with van der Waals surface area (Å²) in [5.74, 6) is 4.83. The first-order chi connectivity index (χ1) is 14.3. The number of unbranched alkanes of at least 4 members (excludes halogenated alkanes) is 3. The number of benzene rings is 1. The SMILES string of the molecule is CCCC1CCC(C2CCC(c3ccc(OCCCCCCO)cc3)CC2)CC1. The standard InChI is InChI=1S/C27H44O2/c1-2-7-22-8-10-23(11-9-22)24-12-14-25(15-13-24)26-16-18-27(19-17-26)29-21-6-4-3-5-20-28/h16-19,22-25,28H,2-15,20-21H2,1H3. The van der Waals surface area contributed by atoms with E-state index >= 15 is 0 Å². The number of ether oxygens (including phenoxy) is 1. The smallest absolute Gasteiger partial charge is 0.119 e. The van der Waals surface area contributed by atoms with E-state index in [-0.39, 0.29) is 0 Å². The second-order valence-corrected chi connectivity index (χ2v) is 9.74. The van der Waals surface area contributed by atoms with Gasteiger partial charge < -0.3 is 9.84 Å². The molecule has 0 unspecified atom stereocenters. The summed E-state index contributed by atoms with van der Waals surface area (Å²) in [5, 5.41) is 8.81. The Bertz CT molecular complexity index is 536. The molecule has 1 aromatic rings. The van der Waals surface area contributed by atoms with Crippen molar-refractivity contribution in [2.45, 2.75) is 103 Å². The van der Waals surface area contributed by atoms with Crippen LogP contribution >= 0.6 is 0 Å². The van der Waals surface area contributed by atoms with Crippen LogP contribution in [0.2, 0.25) is 0 Å². The van der Waals surface area contributed by atoms with Crippen LogP contribution in [-0.4, -0.2) is 18.3 Å². The Balaban J connectivity index is 1.35. The Kier molecular flexibility index (Phi) is 9.86. The number of hydrogen-bond donors (Lipinski definition) is 1. The van der Waals surface area contributed by atoms with Crippen molar-refractivity contribution >= 4 is 0 Å². The van der Waals surface area contributed by atoms with Crippen LogP contribution in [0.15, 0.2) is 24.3 Å². The zero-order valence-electron chi connectivity index (χ0n) is 18.8. The van der Waals surface area contributed by atoms with Gasteiger partial charge in [-0.1, -0.05) is 51.2 Å². The van der Waals surface area contributed by atoms with Crippen molar-refractivity contribution in [2.24, 2.45) is 17.8 Å². The number of rotatable bonds is 11. The molecule has 0 radical (unpaired) electrons. The van der Waals surface area contributed by atoms with Crippen molar-refractivity contribution in [3.05, 3.63) is 29.8 Å². The summed E-state index contributed by atoms with van der Waals surface area (Å²) in [7, 11) is 0. The summed E-state index contributed by atoms with van der Waals surface area (Å²) < 4.78 is 5.89. The van der Waals surface area contributed by atoms with Gasteiger partial charge in [0.05, 0.1) is 6.61 Å². The lowest BCUT2D eigenvalue weighted by atomic mass is 9.68. The number of aliphatic hydroxyl groups is 1. The van der Waals surface area contributed by atoms with Gasteiger partial charge in [0.1, 0.15) is 5.75 Å². The van der Waals surface area contributed by atoms with E-state index in [4.69, 9.17) is 9.84 Å². The van der Waals surface area contributed by atoms with Crippen molar-refractivity contribution in [1.82, 2.24) is 0 Å². The van der Waals surface area contributed by atoms with Gasteiger partial charge in [0, 0.05) is 6.61 Å². The van der Waals surface area contributed by atoms with Gasteiger partial charge in [0.2, 0.25) is 0 Å². The molecular weight excluding hydrogens is 356 g/mol. The van der Waals surface area contributed by atoms with Gasteiger partial charge in [0.15, 0.2) is 0 Å². The van der Waals surface area contributed by atoms with Gasteiger partial charge in [-0.25, -0.2) is 0 Å². The highest BCUT2D eigenvalue weighted by molar-refractivity contribution is 5.29. The Morgan fingerprint density at radius 1 is 0.793 bits per heavy atom. The third-order valence-electron chi connectivity index (χ3n) is 7.70. The number of aliphatic hydroxyl groups excluding tert-OH is 1. The molecule has 0 spiro atoms. The first-order valence-corrected chi connectivity index (χ1v) is 12.6. The molecule has 164 valence electrons. The average Bonchev–Trinajstić information content (AvgIpc) is 2.78. The molecule has 0 aromatic heterocycles. The number of hydrogen-bond acceptors (Lipinski definition) is 2. The van der Waals surface area contributed by atoms with Gasteiger partial charge in [-0.15, -0.1) is 0 Å². The molecule has 2 saturated carbocycles. The minimum Gasteiger partial charge on any atom is -0.494 e. The summed E-state index contributed by atoms with van der Waals surface area (Å²) in [6, 6.07) is 8.96. The lowest BCUT2D eigenvalue weighted by molar-refractivity contribution is 0.156. The highest BCUT2D eigenvalue weighted by Crippen LogP contribution is 2.44. The Morgan fingerprint density at radius 3 is 2.03 bits per heavy atom. The maximum Gasteiger partial charge on any atom is 0.119 e. The van der Waals surface area contributed by atoms with Crippen LogP contribution in [0, 0.1) is 17.8 Å². The largest absolute Gasteiger partial charge is 0.494 e. The molecule has 2 aliphatic rings. The van der Waals surface area contributed by atoms with Crippen LogP contribution in [0.3, 0.4) is 0 Å². The molecule has 2 fully saturated rings. The van der Waals surface area contributed by atoms with E-state index in [0.29, 0.717) is 6.61 Å². The molecule has 1 aromatic carbocycles. The molecule has 2 nitrogen and oxygen atoms in total. The van der Waals surface area contributed by atoms with Crippen molar-refractivity contribution in [3.8, 4) is 5.75 Å². The monoisotopic (exact) mass is 400 g/mol. The second kappa shape index (κ2) is 12.6. The van der Waals surface area contributed by atoms with Crippen molar-refractivity contribution in [3.63, 3.8) is 0 Å². The van der Waals surface area contributed by atoms with Crippen LogP contribution in [0.1, 0.15) is 108 Å². The summed E-state index contributed by atoms with van der Waals surface area (Å²) >= 11 is 0. The third kappa shape index (κ3) is 7.31. The maximum absolute atomic E-state index is 8.81. The third-order valence-corrected chi connectivity index (χ3v) is 7.70. The summed E-state index contributed by atoms with van der Waals surface area (Å²) in [6.45, 7) is 3.44. The highest BCUT2D eigenvalue weighted by atomic mass is 16.5.